The van der Waals surface area contributed by atoms with E-state index >= 15 is 0 Å². The van der Waals surface area contributed by atoms with Crippen LogP contribution in [0.15, 0.2) is 24.8 Å². The molecule has 0 saturated heterocycles. The highest BCUT2D eigenvalue weighted by atomic mass is 35.5. The van der Waals surface area contributed by atoms with Gasteiger partial charge in [-0.2, -0.15) is 0 Å². The summed E-state index contributed by atoms with van der Waals surface area (Å²) in [5.41, 5.74) is 0.488. The van der Waals surface area contributed by atoms with E-state index < -0.39 is 0 Å². The first-order valence-corrected chi connectivity index (χ1v) is 4.86. The van der Waals surface area contributed by atoms with Crippen molar-refractivity contribution < 1.29 is 4.79 Å². The Morgan fingerprint density at radius 2 is 2.07 bits per heavy atom. The molecule has 1 aromatic rings. The lowest BCUT2D eigenvalue weighted by atomic mass is 10.4. The number of aromatic nitrogens is 1. The summed E-state index contributed by atoms with van der Waals surface area (Å²) < 4.78 is 0. The molecule has 15 heavy (non-hydrogen) atoms. The average molecular weight is 246 g/mol. The predicted molar refractivity (Wildman–Crippen MR) is 61.5 cm³/mol. The Kier molecular flexibility index (Phi) is 4.39. The number of carbonyl (C=O) groups is 1. The van der Waals surface area contributed by atoms with Gasteiger partial charge in [-0.05, 0) is 12.1 Å². The fraction of sp³-hybridized carbons (Fsp3) is 0.111. The molecule has 1 aromatic heterocycles. The maximum Gasteiger partial charge on any atom is 0.319 e. The largest absolute Gasteiger partial charge is 0.334 e. The third-order valence-corrected chi connectivity index (χ3v) is 1.81. The third kappa shape index (κ3) is 4.18. The van der Waals surface area contributed by atoms with Crippen LogP contribution in [0.4, 0.5) is 10.5 Å². The van der Waals surface area contributed by atoms with Gasteiger partial charge in [0.2, 0.25) is 0 Å². The van der Waals surface area contributed by atoms with E-state index in [-0.39, 0.29) is 16.3 Å². The van der Waals surface area contributed by atoms with E-state index in [1.165, 1.54) is 12.1 Å². The summed E-state index contributed by atoms with van der Waals surface area (Å²) in [7, 11) is 0. The minimum Gasteiger partial charge on any atom is -0.334 e. The molecule has 80 valence electrons. The summed E-state index contributed by atoms with van der Waals surface area (Å²) in [4.78, 5) is 15.0. The van der Waals surface area contributed by atoms with E-state index in [1.807, 2.05) is 0 Å². The van der Waals surface area contributed by atoms with Gasteiger partial charge in [-0.1, -0.05) is 29.3 Å². The maximum absolute atomic E-state index is 11.2. The van der Waals surface area contributed by atoms with Crippen LogP contribution >= 0.6 is 23.2 Å². The molecule has 0 aromatic carbocycles. The van der Waals surface area contributed by atoms with Crippen molar-refractivity contribution in [3.63, 3.8) is 0 Å². The zero-order valence-corrected chi connectivity index (χ0v) is 9.27. The van der Waals surface area contributed by atoms with Gasteiger partial charge in [-0.3, -0.25) is 0 Å². The van der Waals surface area contributed by atoms with Crippen molar-refractivity contribution in [2.45, 2.75) is 0 Å². The Labute approximate surface area is 97.3 Å². The van der Waals surface area contributed by atoms with Crippen molar-refractivity contribution in [1.82, 2.24) is 10.3 Å². The first-order valence-electron chi connectivity index (χ1n) is 4.10. The van der Waals surface area contributed by atoms with Crippen molar-refractivity contribution in [3.8, 4) is 0 Å². The van der Waals surface area contributed by atoms with E-state index in [9.17, 15) is 4.79 Å². The zero-order valence-electron chi connectivity index (χ0n) is 7.76. The van der Waals surface area contributed by atoms with Crippen molar-refractivity contribution in [2.24, 2.45) is 0 Å². The molecule has 0 radical (unpaired) electrons. The molecule has 0 aliphatic heterocycles. The number of nitrogens with one attached hydrogen (secondary N) is 2. The Morgan fingerprint density at radius 3 is 2.60 bits per heavy atom. The number of anilines is 1. The molecule has 0 saturated carbocycles. The standard InChI is InChI=1S/C9H9Cl2N3O/c1-2-3-12-9(15)13-6-4-7(10)14-8(11)5-6/h2,4-5H,1,3H2,(H2,12,13,14,15). The molecular formula is C9H9Cl2N3O. The van der Waals surface area contributed by atoms with Crippen LogP contribution in [-0.2, 0) is 0 Å². The van der Waals surface area contributed by atoms with Crippen molar-refractivity contribution in [3.05, 3.63) is 35.1 Å². The van der Waals surface area contributed by atoms with E-state index in [4.69, 9.17) is 23.2 Å². The number of carbonyl (C=O) groups excluding carboxylic acids is 1. The van der Waals surface area contributed by atoms with Gasteiger partial charge in [-0.25, -0.2) is 9.78 Å². The molecule has 0 atom stereocenters. The summed E-state index contributed by atoms with van der Waals surface area (Å²) in [5, 5.41) is 5.54. The van der Waals surface area contributed by atoms with Crippen LogP contribution in [0.2, 0.25) is 10.3 Å². The van der Waals surface area contributed by atoms with E-state index in [2.05, 4.69) is 22.2 Å². The molecule has 0 fully saturated rings. The number of hydrogen-bond donors (Lipinski definition) is 2. The smallest absolute Gasteiger partial charge is 0.319 e. The fourth-order valence-corrected chi connectivity index (χ4v) is 1.34. The van der Waals surface area contributed by atoms with Crippen LogP contribution < -0.4 is 10.6 Å². The van der Waals surface area contributed by atoms with Crippen LogP contribution in [0.3, 0.4) is 0 Å². The normalized spacial score (nSPS) is 9.47. The lowest BCUT2D eigenvalue weighted by molar-refractivity contribution is 0.253. The highest BCUT2D eigenvalue weighted by molar-refractivity contribution is 6.32. The molecule has 1 rings (SSSR count). The molecule has 0 spiro atoms. The topological polar surface area (TPSA) is 54.0 Å². The van der Waals surface area contributed by atoms with Gasteiger partial charge in [0.25, 0.3) is 0 Å². The first-order chi connectivity index (χ1) is 7.11. The fourth-order valence-electron chi connectivity index (χ4n) is 0.877. The number of halogens is 2. The molecule has 2 N–H and O–H groups in total. The Bertz CT molecular complexity index is 361. The van der Waals surface area contributed by atoms with E-state index in [0.29, 0.717) is 12.2 Å². The molecule has 6 heteroatoms. The number of nitrogens with zero attached hydrogens (tertiary/aromatic N) is 1. The lowest BCUT2D eigenvalue weighted by Crippen LogP contribution is -2.28. The summed E-state index contributed by atoms with van der Waals surface area (Å²) >= 11 is 11.3. The number of hydrogen-bond acceptors (Lipinski definition) is 2. The number of amides is 2. The Balaban J connectivity index is 2.63. The molecule has 0 aliphatic rings. The van der Waals surface area contributed by atoms with Gasteiger partial charge in [-0.15, -0.1) is 6.58 Å². The minimum absolute atomic E-state index is 0.224. The molecular weight excluding hydrogens is 237 g/mol. The summed E-state index contributed by atoms with van der Waals surface area (Å²) in [6.07, 6.45) is 1.58. The number of pyridine rings is 1. The summed E-state index contributed by atoms with van der Waals surface area (Å²) in [6, 6.07) is 2.65. The van der Waals surface area contributed by atoms with Gasteiger partial charge < -0.3 is 10.6 Å². The Morgan fingerprint density at radius 1 is 1.47 bits per heavy atom. The van der Waals surface area contributed by atoms with Gasteiger partial charge in [0.15, 0.2) is 0 Å². The van der Waals surface area contributed by atoms with Crippen LogP contribution in [0.1, 0.15) is 0 Å². The van der Waals surface area contributed by atoms with Gasteiger partial charge >= 0.3 is 6.03 Å². The molecule has 0 unspecified atom stereocenters. The molecule has 2 amide bonds. The third-order valence-electron chi connectivity index (χ3n) is 1.43. The number of rotatable bonds is 3. The minimum atomic E-state index is -0.353. The van der Waals surface area contributed by atoms with Crippen LogP contribution in [0.5, 0.6) is 0 Å². The van der Waals surface area contributed by atoms with Gasteiger partial charge in [0, 0.05) is 12.2 Å². The predicted octanol–water partition coefficient (Wildman–Crippen LogP) is 2.70. The van der Waals surface area contributed by atoms with Crippen LogP contribution in [0, 0.1) is 0 Å². The maximum atomic E-state index is 11.2. The van der Waals surface area contributed by atoms with E-state index in [1.54, 1.807) is 6.08 Å². The summed E-state index contributed by atoms with van der Waals surface area (Å²) in [6.45, 7) is 3.86. The second-order valence-corrected chi connectivity index (χ2v) is 3.40. The monoisotopic (exact) mass is 245 g/mol. The molecule has 1 heterocycles. The van der Waals surface area contributed by atoms with Crippen molar-refractivity contribution in [1.29, 1.82) is 0 Å². The second-order valence-electron chi connectivity index (χ2n) is 2.62. The highest BCUT2D eigenvalue weighted by Gasteiger charge is 2.03. The molecule has 0 bridgehead atoms. The average Bonchev–Trinajstić information content (AvgIpc) is 2.13. The van der Waals surface area contributed by atoms with Crippen LogP contribution in [-0.4, -0.2) is 17.6 Å². The van der Waals surface area contributed by atoms with Crippen LogP contribution in [0.25, 0.3) is 0 Å². The SMILES string of the molecule is C=CCNC(=O)Nc1cc(Cl)nc(Cl)c1. The van der Waals surface area contributed by atoms with Gasteiger partial charge in [0.05, 0.1) is 0 Å². The summed E-state index contributed by atoms with van der Waals surface area (Å²) in [5.74, 6) is 0. The Hall–Kier alpha value is -1.26. The van der Waals surface area contributed by atoms with E-state index in [0.717, 1.165) is 0 Å². The molecule has 4 nitrogen and oxygen atoms in total. The van der Waals surface area contributed by atoms with Crippen molar-refractivity contribution >= 4 is 34.9 Å². The van der Waals surface area contributed by atoms with Gasteiger partial charge in [0.1, 0.15) is 10.3 Å². The quantitative estimate of drug-likeness (QED) is 0.636. The highest BCUT2D eigenvalue weighted by Crippen LogP contribution is 2.18. The lowest BCUT2D eigenvalue weighted by Gasteiger charge is -2.06. The molecule has 0 aliphatic carbocycles. The number of urea groups is 1. The van der Waals surface area contributed by atoms with Crippen molar-refractivity contribution in [2.75, 3.05) is 11.9 Å². The second kappa shape index (κ2) is 5.58. The zero-order chi connectivity index (χ0) is 11.3. The first kappa shape index (κ1) is 11.8.